The molecule has 53 heavy (non-hydrogen) atoms. The van der Waals surface area contributed by atoms with Crippen LogP contribution >= 0.6 is 0 Å². The quantitative estimate of drug-likeness (QED) is 0.192. The number of likely N-dealkylation sites (tertiary alicyclic amines) is 2. The number of imidazole rings is 1. The first kappa shape index (κ1) is 39.6. The van der Waals surface area contributed by atoms with E-state index in [4.69, 9.17) is 9.72 Å². The van der Waals surface area contributed by atoms with Crippen LogP contribution < -0.4 is 11.1 Å². The summed E-state index contributed by atoms with van der Waals surface area (Å²) >= 11 is 0. The monoisotopic (exact) mass is 718 g/mol. The lowest BCUT2D eigenvalue weighted by molar-refractivity contribution is -0.00565. The Morgan fingerprint density at radius 3 is 2.38 bits per heavy atom. The molecule has 2 saturated heterocycles. The fourth-order valence-corrected chi connectivity index (χ4v) is 7.97. The third-order valence-corrected chi connectivity index (χ3v) is 10.6. The van der Waals surface area contributed by atoms with Gasteiger partial charge in [-0.25, -0.2) is 4.98 Å². The van der Waals surface area contributed by atoms with Gasteiger partial charge in [0.05, 0.1) is 30.0 Å². The molecule has 6 rings (SSSR count). The number of hydrogen-bond acceptors (Lipinski definition) is 7. The largest absolute Gasteiger partial charge is 0.474 e. The van der Waals surface area contributed by atoms with E-state index in [1.807, 2.05) is 18.7 Å². The van der Waals surface area contributed by atoms with Crippen molar-refractivity contribution >= 4 is 17.2 Å². The normalized spacial score (nSPS) is 16.7. The number of piperidine rings is 2. The highest BCUT2D eigenvalue weighted by Gasteiger charge is 2.31. The van der Waals surface area contributed by atoms with Crippen molar-refractivity contribution in [1.82, 2.24) is 29.7 Å². The van der Waals surface area contributed by atoms with E-state index in [2.05, 4.69) is 128 Å². The second-order valence-electron chi connectivity index (χ2n) is 15.7. The number of nitrogens with one attached hydrogen (secondary N) is 1. The molecule has 0 amide bonds. The van der Waals surface area contributed by atoms with Gasteiger partial charge in [-0.15, -0.1) is 0 Å². The number of fused-ring (bicyclic) bond motifs is 2. The lowest BCUT2D eigenvalue weighted by atomic mass is 9.85. The Balaban J connectivity index is 0.00000266. The van der Waals surface area contributed by atoms with Gasteiger partial charge >= 0.3 is 0 Å². The van der Waals surface area contributed by atoms with Crippen LogP contribution in [0.5, 0.6) is 0 Å². The summed E-state index contributed by atoms with van der Waals surface area (Å²) in [5.41, 5.74) is 17.6. The SMILES string of the molecule is C=C(CCC)NC(C1=Cc2cccnc2C(=C2CCN(C(=C)CC3CCN(C(=C)OC(C)(C)C)CC3)CC2)c2ccc(C)cc21)c1cncn1C.CN. The van der Waals surface area contributed by atoms with Crippen molar-refractivity contribution in [3.63, 3.8) is 0 Å². The Morgan fingerprint density at radius 1 is 1.02 bits per heavy atom. The number of benzene rings is 1. The first-order chi connectivity index (χ1) is 25.4. The maximum atomic E-state index is 6.05. The zero-order chi connectivity index (χ0) is 38.3. The predicted octanol–water partition coefficient (Wildman–Crippen LogP) is 9.00. The van der Waals surface area contributed by atoms with Crippen molar-refractivity contribution in [2.45, 2.75) is 91.2 Å². The molecule has 1 aliphatic carbocycles. The van der Waals surface area contributed by atoms with E-state index in [9.17, 15) is 0 Å². The first-order valence-electron chi connectivity index (χ1n) is 19.5. The standard InChI is InChI=1S/C44H58N6O.CH5N/c1-10-12-31(3)47-43(40-28-45-29-48(40)9)39-27-36-13-11-20-46-42(36)41(37-15-14-30(2)25-38(37)39)35-18-23-49(24-19-35)32(4)26-34-16-21-50(22-17-34)33(5)51-44(6,7)8;1-2/h11,13-15,20,25,27-29,34,43,47H,3-5,10,12,16-19,21-24,26H2,1-2,6-9H3;2H2,1H3. The van der Waals surface area contributed by atoms with Gasteiger partial charge in [0.2, 0.25) is 0 Å². The van der Waals surface area contributed by atoms with Crippen molar-refractivity contribution in [3.8, 4) is 0 Å². The summed E-state index contributed by atoms with van der Waals surface area (Å²) in [5.74, 6) is 1.44. The number of ether oxygens (including phenoxy) is 1. The van der Waals surface area contributed by atoms with Crippen LogP contribution in [0.2, 0.25) is 0 Å². The van der Waals surface area contributed by atoms with Gasteiger partial charge in [0.15, 0.2) is 5.88 Å². The number of nitrogens with two attached hydrogens (primary N) is 1. The van der Waals surface area contributed by atoms with Gasteiger partial charge in [0.1, 0.15) is 5.60 Å². The highest BCUT2D eigenvalue weighted by molar-refractivity contribution is 5.99. The van der Waals surface area contributed by atoms with E-state index in [1.54, 1.807) is 0 Å². The molecule has 3 N–H and O–H groups in total. The molecule has 0 bridgehead atoms. The summed E-state index contributed by atoms with van der Waals surface area (Å²) in [4.78, 5) is 14.4. The van der Waals surface area contributed by atoms with E-state index in [0.717, 1.165) is 99.7 Å². The van der Waals surface area contributed by atoms with Crippen LogP contribution in [0.25, 0.3) is 17.2 Å². The van der Waals surface area contributed by atoms with E-state index in [0.29, 0.717) is 5.92 Å². The minimum absolute atomic E-state index is 0.115. The van der Waals surface area contributed by atoms with Gasteiger partial charge in [-0.05, 0) is 115 Å². The molecule has 1 atom stereocenters. The van der Waals surface area contributed by atoms with E-state index in [-0.39, 0.29) is 11.6 Å². The van der Waals surface area contributed by atoms with Crippen LogP contribution in [0.3, 0.4) is 0 Å². The molecule has 3 aromatic rings. The zero-order valence-electron chi connectivity index (χ0n) is 33.5. The van der Waals surface area contributed by atoms with Gasteiger partial charge in [-0.1, -0.05) is 61.9 Å². The van der Waals surface area contributed by atoms with Crippen LogP contribution in [0.4, 0.5) is 0 Å². The lowest BCUT2D eigenvalue weighted by Gasteiger charge is -2.38. The molecule has 4 heterocycles. The molecule has 0 radical (unpaired) electrons. The van der Waals surface area contributed by atoms with Crippen molar-refractivity contribution < 1.29 is 4.74 Å². The average Bonchev–Trinajstić information content (AvgIpc) is 3.51. The molecule has 0 spiro atoms. The third-order valence-electron chi connectivity index (χ3n) is 10.6. The number of hydrogen-bond donors (Lipinski definition) is 2. The van der Waals surface area contributed by atoms with E-state index >= 15 is 0 Å². The maximum Gasteiger partial charge on any atom is 0.182 e. The molecule has 2 aromatic heterocycles. The Kier molecular flexibility index (Phi) is 13.1. The van der Waals surface area contributed by atoms with Crippen LogP contribution in [0.1, 0.15) is 112 Å². The lowest BCUT2D eigenvalue weighted by Crippen LogP contribution is -2.37. The molecule has 3 aliphatic rings. The molecule has 8 heteroatoms. The van der Waals surface area contributed by atoms with Crippen LogP contribution in [-0.4, -0.2) is 63.2 Å². The third kappa shape index (κ3) is 9.52. The summed E-state index contributed by atoms with van der Waals surface area (Å²) in [6.45, 7) is 27.8. The van der Waals surface area contributed by atoms with Gasteiger partial charge in [-0.3, -0.25) is 4.98 Å². The summed E-state index contributed by atoms with van der Waals surface area (Å²) in [7, 11) is 3.57. The predicted molar refractivity (Wildman–Crippen MR) is 221 cm³/mol. The smallest absolute Gasteiger partial charge is 0.182 e. The molecule has 2 aliphatic heterocycles. The fourth-order valence-electron chi connectivity index (χ4n) is 7.97. The first-order valence-corrected chi connectivity index (χ1v) is 19.5. The molecular weight excluding hydrogens is 655 g/mol. The molecular formula is C45H63N7O. The summed E-state index contributed by atoms with van der Waals surface area (Å²) in [6.07, 6.45) is 15.4. The van der Waals surface area contributed by atoms with E-state index < -0.39 is 0 Å². The van der Waals surface area contributed by atoms with Gasteiger partial charge < -0.3 is 30.2 Å². The van der Waals surface area contributed by atoms with Crippen LogP contribution in [0.15, 0.2) is 91.6 Å². The van der Waals surface area contributed by atoms with Crippen molar-refractivity contribution in [3.05, 3.63) is 125 Å². The van der Waals surface area contributed by atoms with Crippen LogP contribution in [0, 0.1) is 12.8 Å². The highest BCUT2D eigenvalue weighted by Crippen LogP contribution is 2.45. The highest BCUT2D eigenvalue weighted by atomic mass is 16.5. The Labute approximate surface area is 319 Å². The summed E-state index contributed by atoms with van der Waals surface area (Å²) in [6, 6.07) is 11.1. The van der Waals surface area contributed by atoms with Gasteiger partial charge in [-0.2, -0.15) is 0 Å². The minimum atomic E-state index is -0.220. The molecule has 1 unspecified atom stereocenters. The number of allylic oxidation sites excluding steroid dienone is 2. The Bertz CT molecular complexity index is 1820. The number of pyridine rings is 1. The fraction of sp³-hybridized carbons (Fsp3) is 0.467. The Morgan fingerprint density at radius 2 is 1.74 bits per heavy atom. The summed E-state index contributed by atoms with van der Waals surface area (Å²) < 4.78 is 8.17. The minimum Gasteiger partial charge on any atom is -0.474 e. The average molecular weight is 718 g/mol. The molecule has 1 aromatic carbocycles. The molecule has 2 fully saturated rings. The maximum absolute atomic E-state index is 6.05. The van der Waals surface area contributed by atoms with Crippen LogP contribution in [-0.2, 0) is 11.8 Å². The molecule has 8 nitrogen and oxygen atoms in total. The van der Waals surface area contributed by atoms with Gasteiger partial charge in [0.25, 0.3) is 0 Å². The van der Waals surface area contributed by atoms with Gasteiger partial charge in [0, 0.05) is 62.0 Å². The number of aryl methyl sites for hydroxylation is 2. The number of rotatable bonds is 11. The number of nitrogens with zero attached hydrogens (tertiary/aromatic N) is 5. The van der Waals surface area contributed by atoms with Crippen molar-refractivity contribution in [2.24, 2.45) is 18.7 Å². The second-order valence-corrected chi connectivity index (χ2v) is 15.7. The second kappa shape index (κ2) is 17.5. The Hall–Kier alpha value is -4.56. The summed E-state index contributed by atoms with van der Waals surface area (Å²) in [5, 5.41) is 3.82. The van der Waals surface area contributed by atoms with Crippen molar-refractivity contribution in [2.75, 3.05) is 33.2 Å². The zero-order valence-corrected chi connectivity index (χ0v) is 33.5. The van der Waals surface area contributed by atoms with E-state index in [1.165, 1.54) is 46.2 Å². The molecule has 0 saturated carbocycles. The topological polar surface area (TPSA) is 84.5 Å². The molecule has 284 valence electrons. The van der Waals surface area contributed by atoms with Crippen molar-refractivity contribution in [1.29, 1.82) is 0 Å². The number of aromatic nitrogens is 3.